The molecule has 0 atom stereocenters. The van der Waals surface area contributed by atoms with E-state index in [1.807, 2.05) is 0 Å². The van der Waals surface area contributed by atoms with Crippen LogP contribution < -0.4 is 10.5 Å². The zero-order valence-electron chi connectivity index (χ0n) is 4.82. The Morgan fingerprint density at radius 1 is 1.62 bits per heavy atom. The molecule has 2 nitrogen and oxygen atoms in total. The predicted molar refractivity (Wildman–Crippen MR) is 28.4 cm³/mol. The summed E-state index contributed by atoms with van der Waals surface area (Å²) in [7, 11) is 0. The third kappa shape index (κ3) is 0.372. The molecule has 0 heterocycles. The third-order valence-corrected chi connectivity index (χ3v) is 1.36. The largest absolute Gasteiger partial charge is 0.852 e. The molecular weight excluding hydrogens is 104 g/mol. The van der Waals surface area contributed by atoms with Crippen molar-refractivity contribution in [3.63, 3.8) is 0 Å². The highest BCUT2D eigenvalue weighted by atomic mass is 16.3. The SMILES string of the molecule is Cc1c([O-])[c+](C)c1=O. The molecule has 8 heavy (non-hydrogen) atoms. The van der Waals surface area contributed by atoms with E-state index in [2.05, 4.69) is 0 Å². The topological polar surface area (TPSA) is 40.1 Å². The summed E-state index contributed by atoms with van der Waals surface area (Å²) in [6.45, 7) is 3.11. The molecule has 2 heteroatoms. The molecule has 0 N–H and O–H groups in total. The second kappa shape index (κ2) is 1.28. The fourth-order valence-electron chi connectivity index (χ4n) is 0.706. The van der Waals surface area contributed by atoms with Gasteiger partial charge in [0.05, 0.1) is 11.1 Å². The molecule has 1 aromatic rings. The van der Waals surface area contributed by atoms with Crippen LogP contribution in [0.5, 0.6) is 5.75 Å². The minimum atomic E-state index is -0.0741. The van der Waals surface area contributed by atoms with Crippen LogP contribution in [0.25, 0.3) is 0 Å². The summed E-state index contributed by atoms with van der Waals surface area (Å²) in [5.41, 5.74) is 0.681. The van der Waals surface area contributed by atoms with Crippen LogP contribution in [0.1, 0.15) is 11.1 Å². The lowest BCUT2D eigenvalue weighted by molar-refractivity contribution is -0.271. The summed E-state index contributed by atoms with van der Waals surface area (Å²) in [6, 6.07) is 0. The van der Waals surface area contributed by atoms with Gasteiger partial charge in [-0.2, -0.15) is 0 Å². The second-order valence-corrected chi connectivity index (χ2v) is 1.91. The number of hydrogen-bond acceptors (Lipinski definition) is 2. The van der Waals surface area contributed by atoms with Crippen molar-refractivity contribution in [2.45, 2.75) is 13.8 Å². The monoisotopic (exact) mass is 110 g/mol. The minimum absolute atomic E-state index is 0.0741. The van der Waals surface area contributed by atoms with Gasteiger partial charge < -0.3 is 5.11 Å². The Balaban J connectivity index is 3.25. The lowest BCUT2D eigenvalue weighted by Gasteiger charge is -2.07. The van der Waals surface area contributed by atoms with Crippen molar-refractivity contribution in [3.05, 3.63) is 21.4 Å². The molecule has 0 aromatic heterocycles. The Kier molecular flexibility index (Phi) is 0.834. The van der Waals surface area contributed by atoms with Crippen molar-refractivity contribution in [2.75, 3.05) is 0 Å². The Labute approximate surface area is 47.1 Å². The fraction of sp³-hybridized carbons (Fsp3) is 0.333. The van der Waals surface area contributed by atoms with E-state index in [0.717, 1.165) is 0 Å². The highest BCUT2D eigenvalue weighted by Crippen LogP contribution is 2.15. The van der Waals surface area contributed by atoms with Crippen LogP contribution in [0.2, 0.25) is 0 Å². The molecule has 0 spiro atoms. The van der Waals surface area contributed by atoms with Crippen LogP contribution in [-0.2, 0) is 0 Å². The smallest absolute Gasteiger partial charge is 0.288 e. The van der Waals surface area contributed by atoms with Crippen molar-refractivity contribution < 1.29 is 5.11 Å². The summed E-state index contributed by atoms with van der Waals surface area (Å²) in [4.78, 5) is 10.5. The van der Waals surface area contributed by atoms with Crippen LogP contribution in [0.3, 0.4) is 0 Å². The maximum Gasteiger partial charge on any atom is 0.288 e. The van der Waals surface area contributed by atoms with Gasteiger partial charge in [-0.3, -0.25) is 4.79 Å². The molecule has 0 unspecified atom stereocenters. The van der Waals surface area contributed by atoms with Gasteiger partial charge in [0.2, 0.25) is 0 Å². The number of rotatable bonds is 0. The molecule has 0 aliphatic heterocycles. The van der Waals surface area contributed by atoms with Crippen molar-refractivity contribution in [1.29, 1.82) is 0 Å². The van der Waals surface area contributed by atoms with Crippen LogP contribution in [-0.4, -0.2) is 0 Å². The Morgan fingerprint density at radius 3 is 2.25 bits per heavy atom. The van der Waals surface area contributed by atoms with Crippen LogP contribution in [0.15, 0.2) is 4.79 Å². The minimum Gasteiger partial charge on any atom is -0.852 e. The lowest BCUT2D eigenvalue weighted by Crippen LogP contribution is -2.20. The molecule has 0 saturated carbocycles. The van der Waals surface area contributed by atoms with Crippen LogP contribution in [0, 0.1) is 13.8 Å². The molecule has 0 aliphatic rings. The van der Waals surface area contributed by atoms with Gasteiger partial charge in [0.15, 0.2) is 0 Å². The van der Waals surface area contributed by atoms with E-state index in [9.17, 15) is 9.90 Å². The molecule has 1 rings (SSSR count). The van der Waals surface area contributed by atoms with Crippen LogP contribution in [0.4, 0.5) is 0 Å². The highest BCUT2D eigenvalue weighted by molar-refractivity contribution is 5.44. The molecular formula is C6H6O2. The van der Waals surface area contributed by atoms with Gasteiger partial charge in [0, 0.05) is 19.6 Å². The van der Waals surface area contributed by atoms with Gasteiger partial charge in [-0.1, -0.05) is 0 Å². The number of hydrogen-bond donors (Lipinski definition) is 0. The van der Waals surface area contributed by atoms with Gasteiger partial charge in [-0.05, 0) is 0 Å². The maximum absolute atomic E-state index is 10.5. The second-order valence-electron chi connectivity index (χ2n) is 1.91. The standard InChI is InChI=1S/C6H6O2/c1-3-5(7)4(2)6(3)8/h1-2H3. The summed E-state index contributed by atoms with van der Waals surface area (Å²) in [5.74, 6) is -0.0741. The Hall–Kier alpha value is -0.920. The molecule has 0 bridgehead atoms. The maximum atomic E-state index is 10.5. The van der Waals surface area contributed by atoms with Gasteiger partial charge in [-0.15, -0.1) is 0 Å². The van der Waals surface area contributed by atoms with Crippen molar-refractivity contribution in [1.82, 2.24) is 0 Å². The summed E-state index contributed by atoms with van der Waals surface area (Å²) < 4.78 is 0. The predicted octanol–water partition coefficient (Wildman–Crippen LogP) is -0.106. The van der Waals surface area contributed by atoms with E-state index < -0.39 is 0 Å². The average Bonchev–Trinajstić information content (AvgIpc) is 1.83. The first-order valence-corrected chi connectivity index (χ1v) is 2.41. The van der Waals surface area contributed by atoms with E-state index in [-0.39, 0.29) is 11.2 Å². The normalized spacial score (nSPS) is 10.2. The zero-order chi connectivity index (χ0) is 6.31. The molecule has 0 fully saturated rings. The van der Waals surface area contributed by atoms with E-state index in [0.29, 0.717) is 11.1 Å². The van der Waals surface area contributed by atoms with Gasteiger partial charge in [0.25, 0.3) is 5.43 Å². The molecule has 0 aliphatic carbocycles. The van der Waals surface area contributed by atoms with E-state index in [4.69, 9.17) is 0 Å². The average molecular weight is 110 g/mol. The van der Waals surface area contributed by atoms with Gasteiger partial charge in [0.1, 0.15) is 0 Å². The first kappa shape index (κ1) is 5.22. The quantitative estimate of drug-likeness (QED) is 0.437. The van der Waals surface area contributed by atoms with E-state index in [1.165, 1.54) is 0 Å². The summed E-state index contributed by atoms with van der Waals surface area (Å²) in [6.07, 6.45) is 0. The summed E-state index contributed by atoms with van der Waals surface area (Å²) in [5, 5.41) is 10.5. The van der Waals surface area contributed by atoms with Crippen molar-refractivity contribution in [3.8, 4) is 5.75 Å². The molecule has 1 aromatic carbocycles. The molecule has 0 amide bonds. The van der Waals surface area contributed by atoms with Gasteiger partial charge >= 0.3 is 0 Å². The molecule has 0 saturated heterocycles. The van der Waals surface area contributed by atoms with Gasteiger partial charge in [-0.25, -0.2) is 0 Å². The zero-order valence-corrected chi connectivity index (χ0v) is 4.82. The van der Waals surface area contributed by atoms with Crippen molar-refractivity contribution in [2.24, 2.45) is 0 Å². The third-order valence-electron chi connectivity index (χ3n) is 1.36. The Bertz CT molecular complexity index is 213. The van der Waals surface area contributed by atoms with E-state index >= 15 is 0 Å². The first-order valence-electron chi connectivity index (χ1n) is 2.41. The summed E-state index contributed by atoms with van der Waals surface area (Å²) >= 11 is 0. The first-order chi connectivity index (χ1) is 3.64. The van der Waals surface area contributed by atoms with Crippen molar-refractivity contribution >= 4 is 0 Å². The molecule has 42 valence electrons. The Morgan fingerprint density at radius 2 is 2.12 bits per heavy atom. The van der Waals surface area contributed by atoms with E-state index in [1.54, 1.807) is 13.8 Å². The highest BCUT2D eigenvalue weighted by Gasteiger charge is 2.13. The lowest BCUT2D eigenvalue weighted by atomic mass is 10.0. The molecule has 0 radical (unpaired) electrons. The fourth-order valence-corrected chi connectivity index (χ4v) is 0.706. The van der Waals surface area contributed by atoms with Crippen LogP contribution >= 0.6 is 0 Å².